The van der Waals surface area contributed by atoms with E-state index in [0.29, 0.717) is 0 Å². The summed E-state index contributed by atoms with van der Waals surface area (Å²) in [7, 11) is -3.45. The highest BCUT2D eigenvalue weighted by atomic mass is 32.2. The van der Waals surface area contributed by atoms with Crippen LogP contribution < -0.4 is 5.32 Å². The number of sulfone groups is 1. The summed E-state index contributed by atoms with van der Waals surface area (Å²) in [6.07, 6.45) is 1.64. The number of nitrogens with zero attached hydrogens (tertiary/aromatic N) is 2. The molecule has 0 aliphatic heterocycles. The highest BCUT2D eigenvalue weighted by Crippen LogP contribution is 2.27. The van der Waals surface area contributed by atoms with Gasteiger partial charge in [0, 0.05) is 6.20 Å². The second-order valence-corrected chi connectivity index (χ2v) is 7.80. The lowest BCUT2D eigenvalue weighted by Crippen LogP contribution is -2.14. The number of benzene rings is 2. The maximum Gasteiger partial charge on any atom is 0.276 e. The van der Waals surface area contributed by atoms with Crippen LogP contribution in [0.3, 0.4) is 0 Å². The molecule has 134 valence electrons. The summed E-state index contributed by atoms with van der Waals surface area (Å²) < 4.78 is 25.5. The van der Waals surface area contributed by atoms with Crippen LogP contribution in [0.15, 0.2) is 65.7 Å². The summed E-state index contributed by atoms with van der Waals surface area (Å²) in [5.41, 5.74) is 0.946. The van der Waals surface area contributed by atoms with Crippen LogP contribution in [0.25, 0.3) is 5.69 Å². The molecule has 0 bridgehead atoms. The van der Waals surface area contributed by atoms with Crippen LogP contribution in [0, 0.1) is 0 Å². The van der Waals surface area contributed by atoms with Crippen molar-refractivity contribution < 1.29 is 18.3 Å². The number of nitrogens with one attached hydrogen (secondary N) is 1. The maximum atomic E-state index is 12.4. The van der Waals surface area contributed by atoms with Gasteiger partial charge in [-0.2, -0.15) is 5.10 Å². The first-order valence-electron chi connectivity index (χ1n) is 7.89. The van der Waals surface area contributed by atoms with Crippen LogP contribution in [0.5, 0.6) is 5.75 Å². The molecule has 0 saturated heterocycles. The minimum absolute atomic E-state index is 0.0128. The van der Waals surface area contributed by atoms with Crippen molar-refractivity contribution in [1.29, 1.82) is 0 Å². The third-order valence-corrected chi connectivity index (χ3v) is 5.53. The van der Waals surface area contributed by atoms with Gasteiger partial charge in [0.05, 0.1) is 22.0 Å². The fourth-order valence-electron chi connectivity index (χ4n) is 2.33. The first kappa shape index (κ1) is 17.7. The van der Waals surface area contributed by atoms with E-state index in [4.69, 9.17) is 0 Å². The Morgan fingerprint density at radius 1 is 1.15 bits per heavy atom. The van der Waals surface area contributed by atoms with Crippen molar-refractivity contribution in [1.82, 2.24) is 9.78 Å². The molecule has 2 aromatic carbocycles. The third-order valence-electron chi connectivity index (χ3n) is 3.80. The van der Waals surface area contributed by atoms with Crippen molar-refractivity contribution in [3.05, 3.63) is 66.5 Å². The SMILES string of the molecule is CCS(=O)(=O)c1ccc(O)c(NC(=O)c2ccn(-c3ccccc3)n2)c1. The number of phenolic OH excluding ortho intramolecular Hbond substituents is 1. The Balaban J connectivity index is 1.85. The number of rotatable bonds is 5. The molecule has 3 aromatic rings. The summed E-state index contributed by atoms with van der Waals surface area (Å²) in [6.45, 7) is 1.52. The minimum atomic E-state index is -3.45. The van der Waals surface area contributed by atoms with E-state index < -0.39 is 15.7 Å². The number of hydrogen-bond donors (Lipinski definition) is 2. The Labute approximate surface area is 150 Å². The molecule has 0 fully saturated rings. The first-order chi connectivity index (χ1) is 12.4. The molecule has 1 heterocycles. The van der Waals surface area contributed by atoms with Gasteiger partial charge in [-0.05, 0) is 36.4 Å². The van der Waals surface area contributed by atoms with Gasteiger partial charge in [-0.1, -0.05) is 25.1 Å². The van der Waals surface area contributed by atoms with Crippen LogP contribution >= 0.6 is 0 Å². The molecule has 7 nitrogen and oxygen atoms in total. The maximum absolute atomic E-state index is 12.4. The van der Waals surface area contributed by atoms with Gasteiger partial charge in [0.25, 0.3) is 5.91 Å². The van der Waals surface area contributed by atoms with Crippen LogP contribution in [-0.2, 0) is 9.84 Å². The number of para-hydroxylation sites is 1. The lowest BCUT2D eigenvalue weighted by molar-refractivity contribution is 0.102. The number of aromatic nitrogens is 2. The molecule has 0 saturated carbocycles. The minimum Gasteiger partial charge on any atom is -0.506 e. The van der Waals surface area contributed by atoms with Crippen molar-refractivity contribution >= 4 is 21.4 Å². The summed E-state index contributed by atoms with van der Waals surface area (Å²) in [5, 5.41) is 16.6. The molecule has 0 atom stereocenters. The molecule has 3 rings (SSSR count). The first-order valence-corrected chi connectivity index (χ1v) is 9.54. The fourth-order valence-corrected chi connectivity index (χ4v) is 3.24. The lowest BCUT2D eigenvalue weighted by atomic mass is 10.3. The zero-order valence-electron chi connectivity index (χ0n) is 14.0. The number of hydrogen-bond acceptors (Lipinski definition) is 5. The molecule has 8 heteroatoms. The number of carbonyl (C=O) groups is 1. The van der Waals surface area contributed by atoms with Crippen molar-refractivity contribution in [3.63, 3.8) is 0 Å². The Kier molecular flexibility index (Phi) is 4.77. The van der Waals surface area contributed by atoms with E-state index >= 15 is 0 Å². The number of anilines is 1. The van der Waals surface area contributed by atoms with Crippen molar-refractivity contribution in [2.24, 2.45) is 0 Å². The molecule has 26 heavy (non-hydrogen) atoms. The third kappa shape index (κ3) is 3.60. The average Bonchev–Trinajstić information content (AvgIpc) is 3.14. The number of carbonyl (C=O) groups excluding carboxylic acids is 1. The summed E-state index contributed by atoms with van der Waals surface area (Å²) in [6, 6.07) is 14.6. The average molecular weight is 371 g/mol. The van der Waals surface area contributed by atoms with Gasteiger partial charge in [0.1, 0.15) is 5.75 Å². The predicted octanol–water partition coefficient (Wildman–Crippen LogP) is 2.62. The smallest absolute Gasteiger partial charge is 0.276 e. The Hall–Kier alpha value is -3.13. The van der Waals surface area contributed by atoms with Crippen molar-refractivity contribution in [2.45, 2.75) is 11.8 Å². The molecule has 0 unspecified atom stereocenters. The van der Waals surface area contributed by atoms with E-state index in [1.165, 1.54) is 31.2 Å². The van der Waals surface area contributed by atoms with Crippen molar-refractivity contribution in [2.75, 3.05) is 11.1 Å². The Morgan fingerprint density at radius 2 is 1.88 bits per heavy atom. The fraction of sp³-hybridized carbons (Fsp3) is 0.111. The van der Waals surface area contributed by atoms with E-state index in [1.54, 1.807) is 10.9 Å². The molecular weight excluding hydrogens is 354 g/mol. The quantitative estimate of drug-likeness (QED) is 0.672. The van der Waals surface area contributed by atoms with Crippen LogP contribution in [0.4, 0.5) is 5.69 Å². The van der Waals surface area contributed by atoms with E-state index in [2.05, 4.69) is 10.4 Å². The molecule has 0 aliphatic rings. The predicted molar refractivity (Wildman–Crippen MR) is 97.4 cm³/mol. The number of amides is 1. The zero-order valence-corrected chi connectivity index (χ0v) is 14.8. The normalized spacial score (nSPS) is 11.3. The van der Waals surface area contributed by atoms with Gasteiger partial charge in [-0.25, -0.2) is 13.1 Å². The van der Waals surface area contributed by atoms with E-state index in [1.807, 2.05) is 30.3 Å². The van der Waals surface area contributed by atoms with Gasteiger partial charge in [0.2, 0.25) is 0 Å². The summed E-state index contributed by atoms with van der Waals surface area (Å²) in [5.74, 6) is -0.857. The summed E-state index contributed by atoms with van der Waals surface area (Å²) >= 11 is 0. The van der Waals surface area contributed by atoms with Crippen LogP contribution in [0.1, 0.15) is 17.4 Å². The zero-order chi connectivity index (χ0) is 18.7. The molecule has 0 radical (unpaired) electrons. The molecule has 0 spiro atoms. The summed E-state index contributed by atoms with van der Waals surface area (Å²) in [4.78, 5) is 12.4. The van der Waals surface area contributed by atoms with Crippen LogP contribution in [0.2, 0.25) is 0 Å². The Morgan fingerprint density at radius 3 is 2.58 bits per heavy atom. The number of phenols is 1. The van der Waals surface area contributed by atoms with E-state index in [-0.39, 0.29) is 27.8 Å². The highest BCUT2D eigenvalue weighted by molar-refractivity contribution is 7.91. The second-order valence-electron chi connectivity index (χ2n) is 5.52. The lowest BCUT2D eigenvalue weighted by Gasteiger charge is -2.09. The molecule has 1 amide bonds. The molecule has 1 aromatic heterocycles. The topological polar surface area (TPSA) is 101 Å². The highest BCUT2D eigenvalue weighted by Gasteiger charge is 2.17. The molecule has 2 N–H and O–H groups in total. The standard InChI is InChI=1S/C18H17N3O4S/c1-2-26(24,25)14-8-9-17(22)16(12-14)19-18(23)15-10-11-21(20-15)13-6-4-3-5-7-13/h3-12,22H,2H2,1H3,(H,19,23). The number of aromatic hydroxyl groups is 1. The van der Waals surface area contributed by atoms with E-state index in [9.17, 15) is 18.3 Å². The molecular formula is C18H17N3O4S. The second kappa shape index (κ2) is 7.01. The van der Waals surface area contributed by atoms with Crippen LogP contribution in [-0.4, -0.2) is 35.0 Å². The van der Waals surface area contributed by atoms with Gasteiger partial charge >= 0.3 is 0 Å². The van der Waals surface area contributed by atoms with Gasteiger partial charge in [0.15, 0.2) is 15.5 Å². The van der Waals surface area contributed by atoms with Gasteiger partial charge in [-0.3, -0.25) is 4.79 Å². The Bertz CT molecular complexity index is 1040. The molecule has 0 aliphatic carbocycles. The van der Waals surface area contributed by atoms with Gasteiger partial charge in [-0.15, -0.1) is 0 Å². The van der Waals surface area contributed by atoms with Crippen molar-refractivity contribution in [3.8, 4) is 11.4 Å². The van der Waals surface area contributed by atoms with E-state index in [0.717, 1.165) is 5.69 Å². The monoisotopic (exact) mass is 371 g/mol. The van der Waals surface area contributed by atoms with Gasteiger partial charge < -0.3 is 10.4 Å². The largest absolute Gasteiger partial charge is 0.506 e.